The fraction of sp³-hybridized carbons (Fsp3) is 0.133. The molecule has 0 amide bonds. The molecule has 6 nitrogen and oxygen atoms in total. The summed E-state index contributed by atoms with van der Waals surface area (Å²) in [7, 11) is -4.48. The molecule has 0 saturated heterocycles. The molecule has 7 heteroatoms. The van der Waals surface area contributed by atoms with Gasteiger partial charge in [-0.05, 0) is 24.3 Å². The monoisotopic (exact) mass is 322 g/mol. The van der Waals surface area contributed by atoms with Crippen molar-refractivity contribution in [2.45, 2.75) is 4.90 Å². The maximum Gasteiger partial charge on any atom is 0.339 e. The summed E-state index contributed by atoms with van der Waals surface area (Å²) in [4.78, 5) is 11.4. The number of hydrogen-bond acceptors (Lipinski definition) is 5. The van der Waals surface area contributed by atoms with Crippen LogP contribution in [0.25, 0.3) is 0 Å². The minimum atomic E-state index is -4.48. The molecule has 0 radical (unpaired) electrons. The highest BCUT2D eigenvalue weighted by Gasteiger charge is 2.20. The number of esters is 1. The third-order valence-electron chi connectivity index (χ3n) is 2.71. The van der Waals surface area contributed by atoms with Gasteiger partial charge in [0.25, 0.3) is 10.1 Å². The van der Waals surface area contributed by atoms with Crippen LogP contribution in [0.15, 0.2) is 59.5 Å². The van der Waals surface area contributed by atoms with E-state index < -0.39 is 21.0 Å². The van der Waals surface area contributed by atoms with Crippen LogP contribution in [-0.2, 0) is 14.9 Å². The summed E-state index contributed by atoms with van der Waals surface area (Å²) in [6, 6.07) is 14.3. The molecule has 2 rings (SSSR count). The van der Waals surface area contributed by atoms with Crippen molar-refractivity contribution in [2.75, 3.05) is 13.2 Å². The minimum absolute atomic E-state index is 0.0481. The molecule has 0 saturated carbocycles. The molecule has 0 atom stereocenters. The fourth-order valence-corrected chi connectivity index (χ4v) is 2.43. The van der Waals surface area contributed by atoms with Gasteiger partial charge in [0.2, 0.25) is 0 Å². The maximum atomic E-state index is 11.9. The molecule has 22 heavy (non-hydrogen) atoms. The molecular formula is C15H14O6S. The van der Waals surface area contributed by atoms with E-state index in [1.165, 1.54) is 18.2 Å². The number of para-hydroxylation sites is 1. The molecule has 2 aromatic carbocycles. The Morgan fingerprint density at radius 3 is 2.27 bits per heavy atom. The number of hydrogen-bond donors (Lipinski definition) is 1. The number of rotatable bonds is 6. The Balaban J connectivity index is 1.93. The van der Waals surface area contributed by atoms with E-state index in [2.05, 4.69) is 0 Å². The van der Waals surface area contributed by atoms with E-state index in [0.717, 1.165) is 6.07 Å². The third-order valence-corrected chi connectivity index (χ3v) is 3.63. The molecule has 0 aliphatic rings. The van der Waals surface area contributed by atoms with Crippen LogP contribution >= 0.6 is 0 Å². The van der Waals surface area contributed by atoms with Gasteiger partial charge in [-0.3, -0.25) is 4.55 Å². The zero-order chi connectivity index (χ0) is 16.0. The highest BCUT2D eigenvalue weighted by molar-refractivity contribution is 7.86. The summed E-state index contributed by atoms with van der Waals surface area (Å²) in [6.07, 6.45) is 0. The lowest BCUT2D eigenvalue weighted by Crippen LogP contribution is -2.15. The van der Waals surface area contributed by atoms with Gasteiger partial charge >= 0.3 is 5.97 Å². The van der Waals surface area contributed by atoms with Crippen molar-refractivity contribution in [3.8, 4) is 5.75 Å². The number of benzene rings is 2. The smallest absolute Gasteiger partial charge is 0.339 e. The molecule has 0 unspecified atom stereocenters. The fourth-order valence-electron chi connectivity index (χ4n) is 1.75. The summed E-state index contributed by atoms with van der Waals surface area (Å²) in [6.45, 7) is 0.0807. The summed E-state index contributed by atoms with van der Waals surface area (Å²) in [5, 5.41) is 0. The Kier molecular flexibility index (Phi) is 5.13. The van der Waals surface area contributed by atoms with Crippen LogP contribution < -0.4 is 4.74 Å². The van der Waals surface area contributed by atoms with E-state index in [0.29, 0.717) is 5.75 Å². The number of carbonyl (C=O) groups is 1. The lowest BCUT2D eigenvalue weighted by molar-refractivity contribution is 0.0445. The van der Waals surface area contributed by atoms with Gasteiger partial charge in [-0.15, -0.1) is 0 Å². The predicted octanol–water partition coefficient (Wildman–Crippen LogP) is 2.17. The third kappa shape index (κ3) is 4.31. The normalized spacial score (nSPS) is 11.0. The van der Waals surface area contributed by atoms with Crippen molar-refractivity contribution in [1.29, 1.82) is 0 Å². The Hall–Kier alpha value is -2.38. The van der Waals surface area contributed by atoms with Crippen LogP contribution in [0.5, 0.6) is 5.75 Å². The van der Waals surface area contributed by atoms with Gasteiger partial charge in [0.1, 0.15) is 23.9 Å². The average molecular weight is 322 g/mol. The molecule has 0 spiro atoms. The SMILES string of the molecule is O=C(OCCOc1ccccc1)c1ccccc1S(=O)(=O)O. The van der Waals surface area contributed by atoms with Crippen molar-refractivity contribution >= 4 is 16.1 Å². The van der Waals surface area contributed by atoms with Crippen LogP contribution in [0.2, 0.25) is 0 Å². The lowest BCUT2D eigenvalue weighted by atomic mass is 10.2. The molecule has 0 aromatic heterocycles. The van der Waals surface area contributed by atoms with Crippen LogP contribution in [0.4, 0.5) is 0 Å². The van der Waals surface area contributed by atoms with E-state index >= 15 is 0 Å². The Morgan fingerprint density at radius 1 is 0.955 bits per heavy atom. The maximum absolute atomic E-state index is 11.9. The second-order valence-corrected chi connectivity index (χ2v) is 5.66. The standard InChI is InChI=1S/C15H14O6S/c16-15(13-8-4-5-9-14(13)22(17,18)19)21-11-10-20-12-6-2-1-3-7-12/h1-9H,10-11H2,(H,17,18,19). The van der Waals surface area contributed by atoms with E-state index in [9.17, 15) is 13.2 Å². The molecule has 2 aromatic rings. The van der Waals surface area contributed by atoms with Gasteiger partial charge in [-0.2, -0.15) is 8.42 Å². The van der Waals surface area contributed by atoms with Crippen molar-refractivity contribution in [2.24, 2.45) is 0 Å². The first-order valence-electron chi connectivity index (χ1n) is 6.40. The molecule has 116 valence electrons. The van der Waals surface area contributed by atoms with E-state index in [4.69, 9.17) is 14.0 Å². The molecule has 0 bridgehead atoms. The van der Waals surface area contributed by atoms with Gasteiger partial charge in [-0.1, -0.05) is 30.3 Å². The van der Waals surface area contributed by atoms with Crippen LogP contribution in [-0.4, -0.2) is 32.2 Å². The van der Waals surface area contributed by atoms with Crippen LogP contribution in [0, 0.1) is 0 Å². The molecule has 1 N–H and O–H groups in total. The quantitative estimate of drug-likeness (QED) is 0.498. The largest absolute Gasteiger partial charge is 0.490 e. The summed E-state index contributed by atoms with van der Waals surface area (Å²) in [5.74, 6) is -0.207. The van der Waals surface area contributed by atoms with Gasteiger partial charge in [0, 0.05) is 0 Å². The second kappa shape index (κ2) is 7.06. The molecule has 0 aliphatic carbocycles. The van der Waals surface area contributed by atoms with E-state index in [1.54, 1.807) is 12.1 Å². The molecule has 0 heterocycles. The Labute approximate surface area is 128 Å². The number of carbonyl (C=O) groups excluding carboxylic acids is 1. The van der Waals surface area contributed by atoms with E-state index in [-0.39, 0.29) is 18.8 Å². The van der Waals surface area contributed by atoms with Crippen molar-refractivity contribution < 1.29 is 27.2 Å². The van der Waals surface area contributed by atoms with Crippen molar-refractivity contribution in [3.05, 3.63) is 60.2 Å². The van der Waals surface area contributed by atoms with Crippen LogP contribution in [0.1, 0.15) is 10.4 Å². The van der Waals surface area contributed by atoms with Crippen LogP contribution in [0.3, 0.4) is 0 Å². The lowest BCUT2D eigenvalue weighted by Gasteiger charge is -2.09. The number of ether oxygens (including phenoxy) is 2. The van der Waals surface area contributed by atoms with E-state index in [1.807, 2.05) is 18.2 Å². The van der Waals surface area contributed by atoms with Gasteiger partial charge in [0.05, 0.1) is 5.56 Å². The zero-order valence-electron chi connectivity index (χ0n) is 11.5. The predicted molar refractivity (Wildman–Crippen MR) is 78.5 cm³/mol. The molecule has 0 fully saturated rings. The molecular weight excluding hydrogens is 308 g/mol. The second-order valence-electron chi connectivity index (χ2n) is 4.27. The average Bonchev–Trinajstić information content (AvgIpc) is 2.51. The van der Waals surface area contributed by atoms with Crippen molar-refractivity contribution in [3.63, 3.8) is 0 Å². The first-order chi connectivity index (χ1) is 10.5. The summed E-state index contributed by atoms with van der Waals surface area (Å²) >= 11 is 0. The first-order valence-corrected chi connectivity index (χ1v) is 7.84. The first kappa shape index (κ1) is 16.0. The Bertz CT molecular complexity index is 740. The minimum Gasteiger partial charge on any atom is -0.490 e. The zero-order valence-corrected chi connectivity index (χ0v) is 12.3. The summed E-state index contributed by atoms with van der Waals surface area (Å²) < 4.78 is 41.8. The Morgan fingerprint density at radius 2 is 1.59 bits per heavy atom. The molecule has 0 aliphatic heterocycles. The van der Waals surface area contributed by atoms with Gasteiger partial charge in [-0.25, -0.2) is 4.79 Å². The van der Waals surface area contributed by atoms with Gasteiger partial charge in [0.15, 0.2) is 0 Å². The van der Waals surface area contributed by atoms with Gasteiger partial charge < -0.3 is 9.47 Å². The highest BCUT2D eigenvalue weighted by atomic mass is 32.2. The van der Waals surface area contributed by atoms with Crippen molar-refractivity contribution in [1.82, 2.24) is 0 Å². The summed E-state index contributed by atoms with van der Waals surface area (Å²) in [5.41, 5.74) is -0.218. The highest BCUT2D eigenvalue weighted by Crippen LogP contribution is 2.16. The topological polar surface area (TPSA) is 89.9 Å².